The van der Waals surface area contributed by atoms with Crippen LogP contribution < -0.4 is 11.1 Å². The van der Waals surface area contributed by atoms with Gasteiger partial charge in [-0.3, -0.25) is 0 Å². The Morgan fingerprint density at radius 2 is 2.30 bits per heavy atom. The van der Waals surface area contributed by atoms with E-state index in [2.05, 4.69) is 5.32 Å². The fourth-order valence-corrected chi connectivity index (χ4v) is 1.06. The van der Waals surface area contributed by atoms with E-state index in [9.17, 15) is 4.79 Å². The van der Waals surface area contributed by atoms with E-state index in [1.165, 1.54) is 0 Å². The third kappa shape index (κ3) is 1.60. The first-order chi connectivity index (χ1) is 4.72. The molecule has 0 aromatic rings. The highest BCUT2D eigenvalue weighted by molar-refractivity contribution is 5.64. The summed E-state index contributed by atoms with van der Waals surface area (Å²) in [7, 11) is 1.89. The Hall–Kier alpha value is -0.770. The molecule has 4 nitrogen and oxygen atoms in total. The van der Waals surface area contributed by atoms with Crippen LogP contribution in [-0.2, 0) is 4.74 Å². The van der Waals surface area contributed by atoms with Gasteiger partial charge in [-0.25, -0.2) is 4.79 Å². The number of amides is 1. The minimum atomic E-state index is -0.667. The number of hydrogen-bond donors (Lipinski definition) is 2. The molecule has 0 radical (unpaired) electrons. The minimum Gasteiger partial charge on any atom is -0.446 e. The van der Waals surface area contributed by atoms with Crippen LogP contribution >= 0.6 is 0 Å². The van der Waals surface area contributed by atoms with Gasteiger partial charge in [-0.1, -0.05) is 0 Å². The van der Waals surface area contributed by atoms with Crippen molar-refractivity contribution in [1.82, 2.24) is 5.32 Å². The zero-order valence-corrected chi connectivity index (χ0v) is 5.96. The van der Waals surface area contributed by atoms with Crippen LogP contribution in [0.1, 0.15) is 12.8 Å². The van der Waals surface area contributed by atoms with E-state index < -0.39 is 6.09 Å². The summed E-state index contributed by atoms with van der Waals surface area (Å²) < 4.78 is 4.72. The quantitative estimate of drug-likeness (QED) is 0.565. The first-order valence-electron chi connectivity index (χ1n) is 3.35. The number of carbonyl (C=O) groups excluding carboxylic acids is 1. The number of hydrogen-bond acceptors (Lipinski definition) is 3. The predicted molar refractivity (Wildman–Crippen MR) is 36.5 cm³/mol. The summed E-state index contributed by atoms with van der Waals surface area (Å²) in [5.41, 5.74) is 4.81. The first-order valence-corrected chi connectivity index (χ1v) is 3.35. The largest absolute Gasteiger partial charge is 0.446 e. The van der Waals surface area contributed by atoms with E-state index in [1.54, 1.807) is 0 Å². The minimum absolute atomic E-state index is 0.0509. The van der Waals surface area contributed by atoms with Crippen molar-refractivity contribution in [2.24, 2.45) is 5.73 Å². The molecule has 58 valence electrons. The van der Waals surface area contributed by atoms with Gasteiger partial charge in [0.05, 0.1) is 0 Å². The van der Waals surface area contributed by atoms with Gasteiger partial charge < -0.3 is 15.8 Å². The maximum absolute atomic E-state index is 10.2. The van der Waals surface area contributed by atoms with Crippen LogP contribution in [0.4, 0.5) is 4.79 Å². The normalized spacial score (nSPS) is 30.9. The maximum atomic E-state index is 10.2. The molecule has 1 aliphatic carbocycles. The number of nitrogens with one attached hydrogen (secondary N) is 1. The molecule has 1 aliphatic rings. The lowest BCUT2D eigenvalue weighted by Gasteiger charge is -2.33. The maximum Gasteiger partial charge on any atom is 0.404 e. The van der Waals surface area contributed by atoms with Crippen molar-refractivity contribution in [2.45, 2.75) is 25.0 Å². The molecule has 3 N–H and O–H groups in total. The van der Waals surface area contributed by atoms with Crippen molar-refractivity contribution in [3.63, 3.8) is 0 Å². The van der Waals surface area contributed by atoms with Gasteiger partial charge in [-0.2, -0.15) is 0 Å². The summed E-state index contributed by atoms with van der Waals surface area (Å²) in [5, 5.41) is 3.07. The van der Waals surface area contributed by atoms with Crippen LogP contribution in [-0.4, -0.2) is 25.3 Å². The number of nitrogens with two attached hydrogens (primary N) is 1. The van der Waals surface area contributed by atoms with Crippen molar-refractivity contribution >= 4 is 6.09 Å². The summed E-state index contributed by atoms with van der Waals surface area (Å²) in [6, 6.07) is 0.504. The topological polar surface area (TPSA) is 64.3 Å². The monoisotopic (exact) mass is 144 g/mol. The SMILES string of the molecule is CNC1CC(OC(N)=O)C1. The molecule has 1 amide bonds. The molecule has 0 aromatic carbocycles. The van der Waals surface area contributed by atoms with Crippen molar-refractivity contribution in [3.05, 3.63) is 0 Å². The summed E-state index contributed by atoms with van der Waals surface area (Å²) in [6.07, 6.45) is 1.16. The second-order valence-corrected chi connectivity index (χ2v) is 2.52. The van der Waals surface area contributed by atoms with Gasteiger partial charge in [-0.15, -0.1) is 0 Å². The summed E-state index contributed by atoms with van der Waals surface area (Å²) in [6.45, 7) is 0. The Morgan fingerprint density at radius 3 is 2.70 bits per heavy atom. The molecule has 4 heteroatoms. The average Bonchev–Trinajstić information content (AvgIpc) is 1.76. The van der Waals surface area contributed by atoms with E-state index in [0.717, 1.165) is 12.8 Å². The zero-order chi connectivity index (χ0) is 7.56. The Kier molecular flexibility index (Phi) is 2.11. The summed E-state index contributed by atoms with van der Waals surface area (Å²) in [4.78, 5) is 10.2. The van der Waals surface area contributed by atoms with Crippen molar-refractivity contribution in [1.29, 1.82) is 0 Å². The highest BCUT2D eigenvalue weighted by Gasteiger charge is 2.30. The van der Waals surface area contributed by atoms with Crippen LogP contribution in [0.3, 0.4) is 0 Å². The van der Waals surface area contributed by atoms with Gasteiger partial charge in [0, 0.05) is 6.04 Å². The zero-order valence-electron chi connectivity index (χ0n) is 5.96. The number of rotatable bonds is 2. The van der Waals surface area contributed by atoms with E-state index >= 15 is 0 Å². The number of ether oxygens (including phenoxy) is 1. The van der Waals surface area contributed by atoms with Gasteiger partial charge >= 0.3 is 6.09 Å². The van der Waals surface area contributed by atoms with Crippen LogP contribution in [0.2, 0.25) is 0 Å². The Morgan fingerprint density at radius 1 is 1.70 bits per heavy atom. The molecule has 0 aliphatic heterocycles. The number of carbonyl (C=O) groups is 1. The van der Waals surface area contributed by atoms with E-state index in [0.29, 0.717) is 6.04 Å². The molecule has 0 aromatic heterocycles. The predicted octanol–water partition coefficient (Wildman–Crippen LogP) is -0.168. The molecular weight excluding hydrogens is 132 g/mol. The van der Waals surface area contributed by atoms with E-state index in [-0.39, 0.29) is 6.10 Å². The molecule has 0 saturated heterocycles. The highest BCUT2D eigenvalue weighted by Crippen LogP contribution is 2.22. The van der Waals surface area contributed by atoms with E-state index in [1.807, 2.05) is 7.05 Å². The molecule has 1 saturated carbocycles. The third-order valence-corrected chi connectivity index (χ3v) is 1.79. The van der Waals surface area contributed by atoms with Gasteiger partial charge in [0.1, 0.15) is 6.10 Å². The van der Waals surface area contributed by atoms with Gasteiger partial charge in [0.15, 0.2) is 0 Å². The van der Waals surface area contributed by atoms with Gasteiger partial charge in [0.2, 0.25) is 0 Å². The van der Waals surface area contributed by atoms with Crippen molar-refractivity contribution < 1.29 is 9.53 Å². The molecule has 0 heterocycles. The van der Waals surface area contributed by atoms with Crippen molar-refractivity contribution in [2.75, 3.05) is 7.05 Å². The summed E-state index contributed by atoms with van der Waals surface area (Å²) >= 11 is 0. The number of primary amides is 1. The third-order valence-electron chi connectivity index (χ3n) is 1.79. The lowest BCUT2D eigenvalue weighted by molar-refractivity contribution is 0.0395. The fourth-order valence-electron chi connectivity index (χ4n) is 1.06. The van der Waals surface area contributed by atoms with E-state index in [4.69, 9.17) is 10.5 Å². The highest BCUT2D eigenvalue weighted by atomic mass is 16.6. The Balaban J connectivity index is 2.08. The van der Waals surface area contributed by atoms with Crippen LogP contribution in [0.15, 0.2) is 0 Å². The van der Waals surface area contributed by atoms with Gasteiger partial charge in [-0.05, 0) is 19.9 Å². The Bertz CT molecular complexity index is 132. The smallest absolute Gasteiger partial charge is 0.404 e. The molecule has 0 bridgehead atoms. The molecule has 0 spiro atoms. The van der Waals surface area contributed by atoms with Crippen molar-refractivity contribution in [3.8, 4) is 0 Å². The fraction of sp³-hybridized carbons (Fsp3) is 0.833. The average molecular weight is 144 g/mol. The molecule has 0 unspecified atom stereocenters. The molecule has 1 fully saturated rings. The molecule has 0 atom stereocenters. The molecule has 10 heavy (non-hydrogen) atoms. The van der Waals surface area contributed by atoms with Crippen LogP contribution in [0, 0.1) is 0 Å². The second-order valence-electron chi connectivity index (χ2n) is 2.52. The Labute approximate surface area is 59.7 Å². The van der Waals surface area contributed by atoms with Crippen LogP contribution in [0.5, 0.6) is 0 Å². The van der Waals surface area contributed by atoms with Gasteiger partial charge in [0.25, 0.3) is 0 Å². The van der Waals surface area contributed by atoms with Crippen LogP contribution in [0.25, 0.3) is 0 Å². The lowest BCUT2D eigenvalue weighted by Crippen LogP contribution is -2.45. The second kappa shape index (κ2) is 2.88. The first kappa shape index (κ1) is 7.34. The standard InChI is InChI=1S/C6H12N2O2/c1-8-4-2-5(3-4)10-6(7)9/h4-5,8H,2-3H2,1H3,(H2,7,9). The summed E-state index contributed by atoms with van der Waals surface area (Å²) in [5.74, 6) is 0. The molecule has 1 rings (SSSR count). The lowest BCUT2D eigenvalue weighted by atomic mass is 9.89. The molecular formula is C6H12N2O2.